The molecule has 1 heterocycles. The molecule has 1 aromatic rings. The number of halogens is 2. The molecule has 18 heavy (non-hydrogen) atoms. The van der Waals surface area contributed by atoms with Gasteiger partial charge in [0.15, 0.2) is 0 Å². The van der Waals surface area contributed by atoms with E-state index in [9.17, 15) is 8.78 Å². The van der Waals surface area contributed by atoms with Gasteiger partial charge in [0.05, 0.1) is 6.61 Å². The predicted molar refractivity (Wildman–Crippen MR) is 64.3 cm³/mol. The minimum Gasteiger partial charge on any atom is -0.474 e. The topological polar surface area (TPSA) is 36.3 Å². The molecule has 1 aromatic heterocycles. The highest BCUT2D eigenvalue weighted by atomic mass is 19.3. The molecule has 0 aromatic carbocycles. The van der Waals surface area contributed by atoms with E-state index in [1.165, 1.54) is 4.68 Å². The smallest absolute Gasteiger partial charge is 0.257 e. The molecule has 0 aliphatic heterocycles. The normalized spacial score (nSPS) is 12.2. The highest BCUT2D eigenvalue weighted by Gasteiger charge is 2.23. The highest BCUT2D eigenvalue weighted by molar-refractivity contribution is 5.30. The Kier molecular flexibility index (Phi) is 5.07. The van der Waals surface area contributed by atoms with Gasteiger partial charge in [0.2, 0.25) is 5.88 Å². The van der Waals surface area contributed by atoms with Crippen LogP contribution in [0.4, 0.5) is 8.78 Å². The van der Waals surface area contributed by atoms with Gasteiger partial charge in [-0.15, -0.1) is 5.10 Å². The lowest BCUT2D eigenvalue weighted by atomic mass is 9.89. The van der Waals surface area contributed by atoms with Crippen LogP contribution in [0.25, 0.3) is 0 Å². The van der Waals surface area contributed by atoms with Gasteiger partial charge in [0.1, 0.15) is 13.2 Å². The largest absolute Gasteiger partial charge is 0.474 e. The van der Waals surface area contributed by atoms with Gasteiger partial charge in [-0.1, -0.05) is 20.8 Å². The zero-order chi connectivity index (χ0) is 13.8. The monoisotopic (exact) mass is 262 g/mol. The summed E-state index contributed by atoms with van der Waals surface area (Å²) in [5.41, 5.74) is 0.613. The van der Waals surface area contributed by atoms with Crippen LogP contribution in [0.5, 0.6) is 5.88 Å². The van der Waals surface area contributed by atoms with Gasteiger partial charge in [-0.25, -0.2) is 8.78 Å². The predicted octanol–water partition coefficient (Wildman–Crippen LogP) is 2.47. The molecule has 0 atom stereocenters. The molecule has 104 valence electrons. The van der Waals surface area contributed by atoms with E-state index in [1.54, 1.807) is 13.3 Å². The van der Waals surface area contributed by atoms with Crippen LogP contribution in [0.3, 0.4) is 0 Å². The highest BCUT2D eigenvalue weighted by Crippen LogP contribution is 2.30. The fourth-order valence-corrected chi connectivity index (χ4v) is 1.48. The van der Waals surface area contributed by atoms with Gasteiger partial charge in [0.25, 0.3) is 6.43 Å². The Hall–Kier alpha value is -1.17. The molecule has 0 aliphatic carbocycles. The molecule has 0 fully saturated rings. The molecule has 1 rings (SSSR count). The van der Waals surface area contributed by atoms with E-state index >= 15 is 0 Å². The van der Waals surface area contributed by atoms with Crippen molar-refractivity contribution in [1.29, 1.82) is 0 Å². The molecule has 0 N–H and O–H groups in total. The standard InChI is InChI=1S/C12H20F2N2O2/c1-12(2,3)9-7-16(8-10(13)14)15-11(9)18-6-5-17-4/h7,10H,5-6,8H2,1-4H3. The van der Waals surface area contributed by atoms with E-state index in [4.69, 9.17) is 9.47 Å². The summed E-state index contributed by atoms with van der Waals surface area (Å²) in [6, 6.07) is 0. The number of hydrogen-bond acceptors (Lipinski definition) is 3. The van der Waals surface area contributed by atoms with Crippen LogP contribution >= 0.6 is 0 Å². The van der Waals surface area contributed by atoms with E-state index in [0.717, 1.165) is 5.56 Å². The summed E-state index contributed by atoms with van der Waals surface area (Å²) in [6.45, 7) is 6.33. The third-order valence-corrected chi connectivity index (χ3v) is 2.39. The number of hydrogen-bond donors (Lipinski definition) is 0. The molecule has 0 spiro atoms. The van der Waals surface area contributed by atoms with Crippen LogP contribution in [0.15, 0.2) is 6.20 Å². The molecule has 0 saturated carbocycles. The number of ether oxygens (including phenoxy) is 2. The maximum Gasteiger partial charge on any atom is 0.257 e. The Morgan fingerprint density at radius 3 is 2.50 bits per heavy atom. The Labute approximate surface area is 106 Å². The summed E-state index contributed by atoms with van der Waals surface area (Å²) in [5, 5.41) is 4.05. The van der Waals surface area contributed by atoms with E-state index in [1.807, 2.05) is 20.8 Å². The molecule has 0 radical (unpaired) electrons. The van der Waals surface area contributed by atoms with E-state index in [-0.39, 0.29) is 5.41 Å². The second kappa shape index (κ2) is 6.13. The van der Waals surface area contributed by atoms with Gasteiger partial charge in [-0.05, 0) is 5.41 Å². The first-order valence-corrected chi connectivity index (χ1v) is 5.82. The Morgan fingerprint density at radius 1 is 1.33 bits per heavy atom. The lowest BCUT2D eigenvalue weighted by molar-refractivity contribution is 0.119. The van der Waals surface area contributed by atoms with Crippen LogP contribution < -0.4 is 4.74 Å². The lowest BCUT2D eigenvalue weighted by Crippen LogP contribution is -2.13. The summed E-state index contributed by atoms with van der Waals surface area (Å²) in [6.07, 6.45) is -0.807. The van der Waals surface area contributed by atoms with E-state index in [2.05, 4.69) is 5.10 Å². The van der Waals surface area contributed by atoms with Crippen molar-refractivity contribution >= 4 is 0 Å². The molecule has 0 aliphatic rings. The van der Waals surface area contributed by atoms with Crippen molar-refractivity contribution in [3.8, 4) is 5.88 Å². The van der Waals surface area contributed by atoms with Crippen LogP contribution in [-0.2, 0) is 16.7 Å². The van der Waals surface area contributed by atoms with Crippen molar-refractivity contribution in [1.82, 2.24) is 9.78 Å². The van der Waals surface area contributed by atoms with Crippen LogP contribution in [0.2, 0.25) is 0 Å². The maximum absolute atomic E-state index is 12.3. The van der Waals surface area contributed by atoms with Crippen molar-refractivity contribution in [3.05, 3.63) is 11.8 Å². The summed E-state index contributed by atoms with van der Waals surface area (Å²) in [5.74, 6) is 0.403. The van der Waals surface area contributed by atoms with Gasteiger partial charge in [0, 0.05) is 18.9 Å². The molecule has 4 nitrogen and oxygen atoms in total. The first-order valence-electron chi connectivity index (χ1n) is 5.82. The summed E-state index contributed by atoms with van der Waals surface area (Å²) >= 11 is 0. The quantitative estimate of drug-likeness (QED) is 0.739. The van der Waals surface area contributed by atoms with Crippen LogP contribution in [-0.4, -0.2) is 36.5 Å². The minimum atomic E-state index is -2.43. The van der Waals surface area contributed by atoms with Gasteiger partial charge in [-0.3, -0.25) is 4.68 Å². The van der Waals surface area contributed by atoms with Crippen LogP contribution in [0, 0.1) is 0 Å². The van der Waals surface area contributed by atoms with Gasteiger partial charge >= 0.3 is 0 Å². The molecule has 0 bridgehead atoms. The second-order valence-corrected chi connectivity index (χ2v) is 5.05. The maximum atomic E-state index is 12.3. The first kappa shape index (κ1) is 14.9. The number of alkyl halides is 2. The van der Waals surface area contributed by atoms with E-state index < -0.39 is 13.0 Å². The van der Waals surface area contributed by atoms with Crippen molar-refractivity contribution in [2.45, 2.75) is 39.2 Å². The van der Waals surface area contributed by atoms with Gasteiger partial charge < -0.3 is 9.47 Å². The lowest BCUT2D eigenvalue weighted by Gasteiger charge is -2.17. The average Bonchev–Trinajstić information content (AvgIpc) is 2.60. The molecular weight excluding hydrogens is 242 g/mol. The average molecular weight is 262 g/mol. The number of rotatable bonds is 6. The molecule has 0 saturated heterocycles. The zero-order valence-corrected chi connectivity index (χ0v) is 11.2. The third kappa shape index (κ3) is 4.25. The Morgan fingerprint density at radius 2 is 2.00 bits per heavy atom. The minimum absolute atomic E-state index is 0.206. The van der Waals surface area contributed by atoms with Crippen LogP contribution in [0.1, 0.15) is 26.3 Å². The Balaban J connectivity index is 2.87. The summed E-state index contributed by atoms with van der Waals surface area (Å²) in [4.78, 5) is 0. The molecule has 0 unspecified atom stereocenters. The number of nitrogens with zero attached hydrogens (tertiary/aromatic N) is 2. The second-order valence-electron chi connectivity index (χ2n) is 5.05. The molecular formula is C12H20F2N2O2. The van der Waals surface area contributed by atoms with E-state index in [0.29, 0.717) is 19.1 Å². The third-order valence-electron chi connectivity index (χ3n) is 2.39. The Bertz CT molecular complexity index is 373. The van der Waals surface area contributed by atoms with Crippen molar-refractivity contribution in [2.75, 3.05) is 20.3 Å². The van der Waals surface area contributed by atoms with Gasteiger partial charge in [-0.2, -0.15) is 0 Å². The zero-order valence-electron chi connectivity index (χ0n) is 11.2. The van der Waals surface area contributed by atoms with Crippen molar-refractivity contribution in [3.63, 3.8) is 0 Å². The summed E-state index contributed by atoms with van der Waals surface area (Å²) < 4.78 is 36.3. The van der Waals surface area contributed by atoms with Crippen molar-refractivity contribution < 1.29 is 18.3 Å². The first-order chi connectivity index (χ1) is 8.34. The molecule has 0 amide bonds. The fraction of sp³-hybridized carbons (Fsp3) is 0.750. The van der Waals surface area contributed by atoms with Crippen molar-refractivity contribution in [2.24, 2.45) is 0 Å². The fourth-order valence-electron chi connectivity index (χ4n) is 1.48. The summed E-state index contributed by atoms with van der Waals surface area (Å²) in [7, 11) is 1.57. The molecule has 6 heteroatoms. The number of methoxy groups -OCH3 is 1. The SMILES string of the molecule is COCCOc1nn(CC(F)F)cc1C(C)(C)C. The number of aromatic nitrogens is 2.